The smallest absolute Gasteiger partial charge is 0.293 e. The molecule has 0 spiro atoms. The quantitative estimate of drug-likeness (QED) is 0.554. The molecule has 2 aromatic carbocycles. The molecule has 1 aliphatic carbocycles. The fourth-order valence-electron chi connectivity index (χ4n) is 3.74. The van der Waals surface area contributed by atoms with E-state index in [2.05, 4.69) is 27.7 Å². The molecule has 0 bridgehead atoms. The van der Waals surface area contributed by atoms with Crippen molar-refractivity contribution in [3.63, 3.8) is 0 Å². The third kappa shape index (κ3) is 5.12. The Labute approximate surface area is 170 Å². The lowest BCUT2D eigenvalue weighted by molar-refractivity contribution is -0.384. The molecule has 1 saturated carbocycles. The summed E-state index contributed by atoms with van der Waals surface area (Å²) in [5.74, 6) is -0.243. The van der Waals surface area contributed by atoms with Crippen LogP contribution in [0.25, 0.3) is 0 Å². The molecule has 4 rings (SSSR count). The van der Waals surface area contributed by atoms with Gasteiger partial charge in [0, 0.05) is 43.3 Å². The number of anilines is 1. The first-order chi connectivity index (χ1) is 14.1. The number of hydrogen-bond donors (Lipinski definition) is 2. The van der Waals surface area contributed by atoms with Crippen molar-refractivity contribution in [3.8, 4) is 0 Å². The van der Waals surface area contributed by atoms with Crippen LogP contribution in [0, 0.1) is 10.1 Å². The standard InChI is InChI=1S/C22H26N4O3/c27-22(17-6-9-20(23-18-7-8-18)21(14-17)26(28)29)24-19-10-12-25(13-11-19)15-16-4-2-1-3-5-16/h1-6,9,14,18-19,23H,7-8,10-13,15H2,(H,24,27). The zero-order valence-corrected chi connectivity index (χ0v) is 16.3. The van der Waals surface area contributed by atoms with Crippen molar-refractivity contribution >= 4 is 17.3 Å². The van der Waals surface area contributed by atoms with Crippen molar-refractivity contribution in [3.05, 3.63) is 69.8 Å². The van der Waals surface area contributed by atoms with Crippen LogP contribution in [-0.4, -0.2) is 40.9 Å². The summed E-state index contributed by atoms with van der Waals surface area (Å²) in [6.45, 7) is 2.76. The number of nitro benzene ring substituents is 1. The second-order valence-corrected chi connectivity index (χ2v) is 7.92. The summed E-state index contributed by atoms with van der Waals surface area (Å²) in [5.41, 5.74) is 2.08. The first kappa shape index (κ1) is 19.4. The number of likely N-dealkylation sites (tertiary alicyclic amines) is 1. The fraction of sp³-hybridized carbons (Fsp3) is 0.409. The number of rotatable bonds is 7. The normalized spacial score (nSPS) is 17.7. The molecule has 152 valence electrons. The first-order valence-electron chi connectivity index (χ1n) is 10.2. The lowest BCUT2D eigenvalue weighted by Crippen LogP contribution is -2.44. The Kier molecular flexibility index (Phi) is 5.76. The van der Waals surface area contributed by atoms with Gasteiger partial charge in [-0.15, -0.1) is 0 Å². The Balaban J connectivity index is 1.32. The van der Waals surface area contributed by atoms with Crippen molar-refractivity contribution in [1.29, 1.82) is 0 Å². The van der Waals surface area contributed by atoms with Crippen LogP contribution in [0.3, 0.4) is 0 Å². The van der Waals surface area contributed by atoms with Gasteiger partial charge in [-0.05, 0) is 43.4 Å². The zero-order valence-electron chi connectivity index (χ0n) is 16.3. The molecule has 2 fully saturated rings. The Hall–Kier alpha value is -2.93. The zero-order chi connectivity index (χ0) is 20.2. The van der Waals surface area contributed by atoms with E-state index in [1.165, 1.54) is 11.6 Å². The third-order valence-corrected chi connectivity index (χ3v) is 5.57. The van der Waals surface area contributed by atoms with Gasteiger partial charge in [-0.2, -0.15) is 0 Å². The minimum absolute atomic E-state index is 0.0396. The predicted molar refractivity (Wildman–Crippen MR) is 112 cm³/mol. The van der Waals surface area contributed by atoms with Crippen LogP contribution >= 0.6 is 0 Å². The highest BCUT2D eigenvalue weighted by Crippen LogP contribution is 2.31. The number of amides is 1. The summed E-state index contributed by atoms with van der Waals surface area (Å²) < 4.78 is 0. The minimum atomic E-state index is -0.427. The van der Waals surface area contributed by atoms with Crippen molar-refractivity contribution < 1.29 is 9.72 Å². The van der Waals surface area contributed by atoms with Crippen LogP contribution in [0.5, 0.6) is 0 Å². The van der Waals surface area contributed by atoms with E-state index in [1.807, 2.05) is 18.2 Å². The van der Waals surface area contributed by atoms with Gasteiger partial charge < -0.3 is 10.6 Å². The highest BCUT2D eigenvalue weighted by molar-refractivity contribution is 5.96. The summed E-state index contributed by atoms with van der Waals surface area (Å²) in [5, 5.41) is 17.6. The fourth-order valence-corrected chi connectivity index (χ4v) is 3.74. The van der Waals surface area contributed by atoms with E-state index in [0.717, 1.165) is 45.3 Å². The Morgan fingerprint density at radius 3 is 2.41 bits per heavy atom. The van der Waals surface area contributed by atoms with E-state index in [4.69, 9.17) is 0 Å². The van der Waals surface area contributed by atoms with E-state index in [0.29, 0.717) is 17.3 Å². The SMILES string of the molecule is O=C(NC1CCN(Cc2ccccc2)CC1)c1ccc(NC2CC2)c([N+](=O)[O-])c1. The highest BCUT2D eigenvalue weighted by Gasteiger charge is 2.26. The topological polar surface area (TPSA) is 87.5 Å². The average Bonchev–Trinajstić information content (AvgIpc) is 3.54. The Bertz CT molecular complexity index is 875. The molecule has 0 atom stereocenters. The summed E-state index contributed by atoms with van der Waals surface area (Å²) in [6, 6.07) is 15.5. The molecule has 2 aromatic rings. The molecule has 0 unspecified atom stereocenters. The summed E-state index contributed by atoms with van der Waals surface area (Å²) in [7, 11) is 0. The molecule has 1 saturated heterocycles. The number of piperidine rings is 1. The van der Waals surface area contributed by atoms with Crippen LogP contribution < -0.4 is 10.6 Å². The van der Waals surface area contributed by atoms with Gasteiger partial charge in [0.2, 0.25) is 0 Å². The van der Waals surface area contributed by atoms with Crippen LogP contribution in [0.2, 0.25) is 0 Å². The van der Waals surface area contributed by atoms with Crippen LogP contribution in [0.4, 0.5) is 11.4 Å². The van der Waals surface area contributed by atoms with Crippen molar-refractivity contribution in [2.75, 3.05) is 18.4 Å². The van der Waals surface area contributed by atoms with Gasteiger partial charge in [-0.25, -0.2) is 0 Å². The van der Waals surface area contributed by atoms with E-state index in [-0.39, 0.29) is 17.6 Å². The van der Waals surface area contributed by atoms with Gasteiger partial charge in [0.15, 0.2) is 0 Å². The molecule has 2 N–H and O–H groups in total. The molecule has 7 heteroatoms. The number of hydrogen-bond acceptors (Lipinski definition) is 5. The predicted octanol–water partition coefficient (Wildman–Crippen LogP) is 3.56. The van der Waals surface area contributed by atoms with Gasteiger partial charge in [0.1, 0.15) is 5.69 Å². The van der Waals surface area contributed by atoms with Crippen LogP contribution in [-0.2, 0) is 6.54 Å². The molecule has 1 amide bonds. The van der Waals surface area contributed by atoms with Gasteiger partial charge in [-0.3, -0.25) is 19.8 Å². The molecule has 29 heavy (non-hydrogen) atoms. The molecule has 0 radical (unpaired) electrons. The second-order valence-electron chi connectivity index (χ2n) is 7.92. The summed E-state index contributed by atoms with van der Waals surface area (Å²) in [4.78, 5) is 26.0. The maximum Gasteiger partial charge on any atom is 0.293 e. The molecule has 7 nitrogen and oxygen atoms in total. The summed E-state index contributed by atoms with van der Waals surface area (Å²) in [6.07, 6.45) is 3.81. The Morgan fingerprint density at radius 2 is 1.76 bits per heavy atom. The van der Waals surface area contributed by atoms with Gasteiger partial charge >= 0.3 is 0 Å². The number of carbonyl (C=O) groups is 1. The van der Waals surface area contributed by atoms with E-state index in [9.17, 15) is 14.9 Å². The van der Waals surface area contributed by atoms with Crippen molar-refractivity contribution in [2.45, 2.75) is 44.3 Å². The monoisotopic (exact) mass is 394 g/mol. The van der Waals surface area contributed by atoms with Crippen LogP contribution in [0.1, 0.15) is 41.6 Å². The molecule has 1 aliphatic heterocycles. The average molecular weight is 394 g/mol. The van der Waals surface area contributed by atoms with Gasteiger partial charge in [0.25, 0.3) is 11.6 Å². The number of benzene rings is 2. The number of nitro groups is 1. The van der Waals surface area contributed by atoms with Gasteiger partial charge in [-0.1, -0.05) is 30.3 Å². The molecule has 1 heterocycles. The largest absolute Gasteiger partial charge is 0.377 e. The number of nitrogens with zero attached hydrogens (tertiary/aromatic N) is 2. The van der Waals surface area contributed by atoms with Crippen molar-refractivity contribution in [1.82, 2.24) is 10.2 Å². The molecule has 0 aromatic heterocycles. The van der Waals surface area contributed by atoms with Crippen molar-refractivity contribution in [2.24, 2.45) is 0 Å². The van der Waals surface area contributed by atoms with E-state index in [1.54, 1.807) is 12.1 Å². The van der Waals surface area contributed by atoms with Crippen LogP contribution in [0.15, 0.2) is 48.5 Å². The Morgan fingerprint density at radius 1 is 1.03 bits per heavy atom. The second kappa shape index (κ2) is 8.61. The highest BCUT2D eigenvalue weighted by atomic mass is 16.6. The van der Waals surface area contributed by atoms with Gasteiger partial charge in [0.05, 0.1) is 4.92 Å². The summed E-state index contributed by atoms with van der Waals surface area (Å²) >= 11 is 0. The number of carbonyl (C=O) groups excluding carboxylic acids is 1. The number of nitrogens with one attached hydrogen (secondary N) is 2. The molecule has 2 aliphatic rings. The molecular weight excluding hydrogens is 368 g/mol. The lowest BCUT2D eigenvalue weighted by atomic mass is 10.0. The van der Waals surface area contributed by atoms with E-state index < -0.39 is 4.92 Å². The maximum atomic E-state index is 12.6. The third-order valence-electron chi connectivity index (χ3n) is 5.57. The molecular formula is C22H26N4O3. The minimum Gasteiger partial charge on any atom is -0.377 e. The maximum absolute atomic E-state index is 12.6. The van der Waals surface area contributed by atoms with E-state index >= 15 is 0 Å². The first-order valence-corrected chi connectivity index (χ1v) is 10.2. The lowest BCUT2D eigenvalue weighted by Gasteiger charge is -2.32.